The van der Waals surface area contributed by atoms with Gasteiger partial charge in [-0.3, -0.25) is 33.6 Å². The third-order valence-electron chi connectivity index (χ3n) is 5.94. The van der Waals surface area contributed by atoms with Crippen LogP contribution in [0.5, 0.6) is 0 Å². The van der Waals surface area contributed by atoms with Gasteiger partial charge in [0.25, 0.3) is 0 Å². The predicted octanol–water partition coefficient (Wildman–Crippen LogP) is -5.12. The molecule has 242 valence electrons. The van der Waals surface area contributed by atoms with Gasteiger partial charge in [-0.05, 0) is 12.0 Å². The molecule has 0 aliphatic rings. The molecular formula is C26H37N7O11. The van der Waals surface area contributed by atoms with Crippen LogP contribution in [0, 0.1) is 0 Å². The van der Waals surface area contributed by atoms with E-state index in [9.17, 15) is 53.7 Å². The van der Waals surface area contributed by atoms with Crippen molar-refractivity contribution in [1.82, 2.24) is 26.6 Å². The zero-order valence-electron chi connectivity index (χ0n) is 23.8. The first kappa shape index (κ1) is 36.9. The third-order valence-corrected chi connectivity index (χ3v) is 5.94. The molecule has 0 radical (unpaired) electrons. The number of aliphatic hydroxyl groups excluding tert-OH is 2. The summed E-state index contributed by atoms with van der Waals surface area (Å²) in [5.41, 5.74) is 10.7. The summed E-state index contributed by atoms with van der Waals surface area (Å²) in [7, 11) is 0. The lowest BCUT2D eigenvalue weighted by Crippen LogP contribution is -2.60. The molecule has 7 amide bonds. The highest BCUT2D eigenvalue weighted by atomic mass is 16.4. The van der Waals surface area contributed by atoms with Crippen LogP contribution in [-0.4, -0.2) is 106 Å². The molecule has 12 N–H and O–H groups in total. The molecule has 44 heavy (non-hydrogen) atoms. The Hall–Kier alpha value is -5.10. The van der Waals surface area contributed by atoms with Gasteiger partial charge >= 0.3 is 5.97 Å². The number of hydrogen-bond acceptors (Lipinski definition) is 10. The van der Waals surface area contributed by atoms with E-state index in [1.807, 2.05) is 0 Å². The Morgan fingerprint density at radius 1 is 0.659 bits per heavy atom. The van der Waals surface area contributed by atoms with E-state index in [1.54, 1.807) is 30.3 Å². The summed E-state index contributed by atoms with van der Waals surface area (Å²) in [6, 6.07) is 0.372. The molecule has 1 aromatic rings. The fourth-order valence-corrected chi connectivity index (χ4v) is 3.74. The zero-order valence-corrected chi connectivity index (χ0v) is 23.8. The number of hydrogen-bond donors (Lipinski definition) is 10. The number of aliphatic hydroxyl groups is 2. The molecule has 5 atom stereocenters. The van der Waals surface area contributed by atoms with E-state index in [-0.39, 0.29) is 19.3 Å². The van der Waals surface area contributed by atoms with Crippen molar-refractivity contribution in [2.24, 2.45) is 11.5 Å². The van der Waals surface area contributed by atoms with E-state index in [2.05, 4.69) is 26.6 Å². The Bertz CT molecular complexity index is 1200. The Labute approximate surface area is 251 Å². The second-order valence-corrected chi connectivity index (χ2v) is 9.57. The summed E-state index contributed by atoms with van der Waals surface area (Å²) >= 11 is 0. The highest BCUT2D eigenvalue weighted by Crippen LogP contribution is 2.06. The molecule has 0 fully saturated rings. The van der Waals surface area contributed by atoms with Crippen molar-refractivity contribution in [3.05, 3.63) is 35.9 Å². The first-order valence-electron chi connectivity index (χ1n) is 13.2. The average Bonchev–Trinajstić information content (AvgIpc) is 2.95. The van der Waals surface area contributed by atoms with E-state index in [1.165, 1.54) is 0 Å². The summed E-state index contributed by atoms with van der Waals surface area (Å²) in [5, 5.41) is 39.8. The summed E-state index contributed by atoms with van der Waals surface area (Å²) in [6.07, 6.45) is -1.50. The Kier molecular flexibility index (Phi) is 15.5. The number of nitrogens with one attached hydrogen (secondary N) is 5. The lowest BCUT2D eigenvalue weighted by molar-refractivity contribution is -0.143. The lowest BCUT2D eigenvalue weighted by atomic mass is 10.0. The van der Waals surface area contributed by atoms with Gasteiger partial charge in [0.05, 0.1) is 19.6 Å². The van der Waals surface area contributed by atoms with E-state index >= 15 is 0 Å². The highest BCUT2D eigenvalue weighted by Gasteiger charge is 2.32. The van der Waals surface area contributed by atoms with Crippen molar-refractivity contribution in [2.75, 3.05) is 13.2 Å². The van der Waals surface area contributed by atoms with Crippen molar-refractivity contribution in [3.63, 3.8) is 0 Å². The fourth-order valence-electron chi connectivity index (χ4n) is 3.74. The van der Waals surface area contributed by atoms with Crippen molar-refractivity contribution in [2.45, 2.75) is 62.8 Å². The van der Waals surface area contributed by atoms with Gasteiger partial charge in [0.2, 0.25) is 41.4 Å². The van der Waals surface area contributed by atoms with Gasteiger partial charge in [-0.2, -0.15) is 0 Å². The average molecular weight is 624 g/mol. The number of rotatable bonds is 19. The number of primary amides is 2. The van der Waals surface area contributed by atoms with Crippen molar-refractivity contribution < 1.29 is 53.7 Å². The monoisotopic (exact) mass is 623 g/mol. The topological polar surface area (TPSA) is 309 Å². The van der Waals surface area contributed by atoms with Crippen LogP contribution in [0.1, 0.15) is 31.7 Å². The SMILES string of the molecule is CC(=O)N[C@@H](CC(N)=O)C(=O)N[C@@H](CO)C(=O)N[C@@H](Cc1ccccc1)C(=O)N[C@@H](CO)C(=O)N[C@@H](CCC(N)=O)C(=O)O. The van der Waals surface area contributed by atoms with Crippen molar-refractivity contribution in [1.29, 1.82) is 0 Å². The quantitative estimate of drug-likeness (QED) is 0.0695. The number of carboxylic acids is 1. The molecule has 0 saturated heterocycles. The number of carbonyl (C=O) groups excluding carboxylic acids is 7. The summed E-state index contributed by atoms with van der Waals surface area (Å²) in [5.74, 6) is -8.14. The van der Waals surface area contributed by atoms with Gasteiger partial charge in [-0.25, -0.2) is 4.79 Å². The number of carbonyl (C=O) groups is 8. The Balaban J connectivity index is 3.13. The van der Waals surface area contributed by atoms with E-state index in [0.717, 1.165) is 6.92 Å². The summed E-state index contributed by atoms with van der Waals surface area (Å²) in [6.45, 7) is -0.872. The van der Waals surface area contributed by atoms with E-state index in [4.69, 9.17) is 11.5 Å². The van der Waals surface area contributed by atoms with Crippen LogP contribution < -0.4 is 38.1 Å². The standard InChI is InChI=1S/C26H37N7O11/c1-13(36)29-17(10-21(28)38)23(40)33-19(12-35)25(42)31-16(9-14-5-3-2-4-6-14)22(39)32-18(11-34)24(41)30-15(26(43)44)7-8-20(27)37/h2-6,15-19,34-35H,7-12H2,1H3,(H2,27,37)(H2,28,38)(H,29,36)(H,30,41)(H,31,42)(H,32,39)(H,33,40)(H,43,44)/t15-,16-,17-,18-,19-/m0/s1. The predicted molar refractivity (Wildman–Crippen MR) is 150 cm³/mol. The van der Waals surface area contributed by atoms with Gasteiger partial charge in [-0.1, -0.05) is 30.3 Å². The smallest absolute Gasteiger partial charge is 0.326 e. The van der Waals surface area contributed by atoms with Gasteiger partial charge < -0.3 is 53.4 Å². The van der Waals surface area contributed by atoms with Crippen LogP contribution in [-0.2, 0) is 44.8 Å². The van der Waals surface area contributed by atoms with Crippen LogP contribution in [0.4, 0.5) is 0 Å². The van der Waals surface area contributed by atoms with E-state index in [0.29, 0.717) is 5.56 Å². The molecule has 18 nitrogen and oxygen atoms in total. The molecule has 18 heteroatoms. The number of benzene rings is 1. The zero-order chi connectivity index (χ0) is 33.4. The second-order valence-electron chi connectivity index (χ2n) is 9.57. The summed E-state index contributed by atoms with van der Waals surface area (Å²) < 4.78 is 0. The minimum Gasteiger partial charge on any atom is -0.480 e. The minimum absolute atomic E-state index is 0.170. The first-order valence-corrected chi connectivity index (χ1v) is 13.2. The lowest BCUT2D eigenvalue weighted by Gasteiger charge is -2.25. The number of aliphatic carboxylic acids is 1. The van der Waals surface area contributed by atoms with Crippen LogP contribution in [0.15, 0.2) is 30.3 Å². The summed E-state index contributed by atoms with van der Waals surface area (Å²) in [4.78, 5) is 96.8. The first-order chi connectivity index (χ1) is 20.7. The van der Waals surface area contributed by atoms with Crippen LogP contribution >= 0.6 is 0 Å². The van der Waals surface area contributed by atoms with Gasteiger partial charge in [0, 0.05) is 19.8 Å². The molecule has 0 unspecified atom stereocenters. The maximum absolute atomic E-state index is 13.2. The number of amides is 7. The fraction of sp³-hybridized carbons (Fsp3) is 0.462. The molecule has 0 heterocycles. The van der Waals surface area contributed by atoms with Gasteiger partial charge in [0.1, 0.15) is 30.2 Å². The molecule has 1 aromatic carbocycles. The van der Waals surface area contributed by atoms with Crippen LogP contribution in [0.25, 0.3) is 0 Å². The largest absolute Gasteiger partial charge is 0.480 e. The Morgan fingerprint density at radius 2 is 1.11 bits per heavy atom. The van der Waals surface area contributed by atoms with Crippen LogP contribution in [0.3, 0.4) is 0 Å². The van der Waals surface area contributed by atoms with Gasteiger partial charge in [0.15, 0.2) is 0 Å². The molecule has 0 saturated carbocycles. The maximum Gasteiger partial charge on any atom is 0.326 e. The maximum atomic E-state index is 13.2. The van der Waals surface area contributed by atoms with Crippen LogP contribution in [0.2, 0.25) is 0 Å². The molecule has 0 aliphatic carbocycles. The number of nitrogens with two attached hydrogens (primary N) is 2. The van der Waals surface area contributed by atoms with E-state index < -0.39 is 97.2 Å². The third kappa shape index (κ3) is 13.3. The Morgan fingerprint density at radius 3 is 1.55 bits per heavy atom. The number of carboxylic acid groups (broad SMARTS) is 1. The van der Waals surface area contributed by atoms with Gasteiger partial charge in [-0.15, -0.1) is 0 Å². The molecule has 0 aromatic heterocycles. The molecular weight excluding hydrogens is 586 g/mol. The molecule has 0 aliphatic heterocycles. The molecule has 0 bridgehead atoms. The normalized spacial score (nSPS) is 14.0. The molecule has 0 spiro atoms. The highest BCUT2D eigenvalue weighted by molar-refractivity contribution is 5.97. The molecule has 1 rings (SSSR count). The van der Waals surface area contributed by atoms with Crippen molar-refractivity contribution in [3.8, 4) is 0 Å². The second kappa shape index (κ2) is 18.4. The minimum atomic E-state index is -1.69. The van der Waals surface area contributed by atoms with Crippen molar-refractivity contribution >= 4 is 47.3 Å².